The van der Waals surface area contributed by atoms with Crippen molar-refractivity contribution in [3.05, 3.63) is 52.8 Å². The third-order valence-corrected chi connectivity index (χ3v) is 2.95. The largest absolute Gasteiger partial charge is 0.381 e. The average molecular weight is 264 g/mol. The fourth-order valence-electron chi connectivity index (χ4n) is 1.69. The topological polar surface area (TPSA) is 60.1 Å². The number of benzene rings is 1. The number of nitrogens with zero attached hydrogens (tertiary/aromatic N) is 1. The molecule has 18 heavy (non-hydrogen) atoms. The number of hydrogen-bond donors (Lipinski definition) is 2. The van der Waals surface area contributed by atoms with Crippen molar-refractivity contribution in [3.63, 3.8) is 0 Å². The Morgan fingerprint density at radius 1 is 1.44 bits per heavy atom. The van der Waals surface area contributed by atoms with Gasteiger partial charge in [0.25, 0.3) is 0 Å². The lowest BCUT2D eigenvalue weighted by Crippen LogP contribution is -2.12. The normalized spacial score (nSPS) is 10.3. The zero-order chi connectivity index (χ0) is 13.1. The molecular formula is C13H14ClN3O. The van der Waals surface area contributed by atoms with Gasteiger partial charge in [0.15, 0.2) is 0 Å². The maximum atomic E-state index is 11.2. The molecule has 0 saturated heterocycles. The van der Waals surface area contributed by atoms with Crippen LogP contribution in [0.5, 0.6) is 0 Å². The molecule has 1 aromatic heterocycles. The number of aromatic nitrogens is 1. The summed E-state index contributed by atoms with van der Waals surface area (Å²) in [6, 6.07) is 7.16. The second-order valence-corrected chi connectivity index (χ2v) is 4.50. The summed E-state index contributed by atoms with van der Waals surface area (Å²) in [5.41, 5.74) is 7.55. The summed E-state index contributed by atoms with van der Waals surface area (Å²) in [6.07, 6.45) is 4.01. The number of anilines is 1. The van der Waals surface area contributed by atoms with Gasteiger partial charge in [-0.2, -0.15) is 0 Å². The third kappa shape index (κ3) is 2.84. The first-order valence-corrected chi connectivity index (χ1v) is 5.88. The minimum Gasteiger partial charge on any atom is -0.381 e. The molecule has 0 radical (unpaired) electrons. The van der Waals surface area contributed by atoms with E-state index in [9.17, 15) is 4.79 Å². The van der Waals surface area contributed by atoms with Crippen molar-refractivity contribution in [1.82, 2.24) is 4.57 Å². The molecule has 0 aliphatic rings. The fraction of sp³-hybridized carbons (Fsp3) is 0.154. The van der Waals surface area contributed by atoms with Crippen LogP contribution in [0.15, 0.2) is 36.7 Å². The Kier molecular flexibility index (Phi) is 3.58. The molecular weight excluding hydrogens is 250 g/mol. The summed E-state index contributed by atoms with van der Waals surface area (Å²) in [7, 11) is 1.97. The molecule has 3 N–H and O–H groups in total. The Morgan fingerprint density at radius 3 is 2.83 bits per heavy atom. The fourth-order valence-corrected chi connectivity index (χ4v) is 1.90. The summed E-state index contributed by atoms with van der Waals surface area (Å²) in [5.74, 6) is -0.525. The zero-order valence-electron chi connectivity index (χ0n) is 9.98. The van der Waals surface area contributed by atoms with E-state index in [-0.39, 0.29) is 0 Å². The first kappa shape index (κ1) is 12.5. The number of hydrogen-bond acceptors (Lipinski definition) is 2. The Balaban J connectivity index is 2.10. The molecule has 0 spiro atoms. The van der Waals surface area contributed by atoms with Gasteiger partial charge in [-0.3, -0.25) is 4.79 Å². The number of nitrogens with one attached hydrogen (secondary N) is 1. The number of amides is 1. The van der Waals surface area contributed by atoms with E-state index in [1.54, 1.807) is 12.1 Å². The highest BCUT2D eigenvalue weighted by atomic mass is 35.5. The van der Waals surface area contributed by atoms with Crippen molar-refractivity contribution in [3.8, 4) is 0 Å². The summed E-state index contributed by atoms with van der Waals surface area (Å²) in [4.78, 5) is 11.2. The minimum absolute atomic E-state index is 0.328. The van der Waals surface area contributed by atoms with Crippen LogP contribution in [-0.4, -0.2) is 10.5 Å². The standard InChI is InChI=1S/C13H14ClN3O/c1-17-5-4-9(8-17)7-16-10-2-3-12(14)11(6-10)13(15)18/h2-6,8,16H,7H2,1H3,(H2,15,18). The van der Waals surface area contributed by atoms with E-state index in [2.05, 4.69) is 5.32 Å². The Bertz CT molecular complexity index is 577. The highest BCUT2D eigenvalue weighted by Gasteiger charge is 2.07. The van der Waals surface area contributed by atoms with E-state index in [0.717, 1.165) is 11.3 Å². The van der Waals surface area contributed by atoms with Gasteiger partial charge in [0.1, 0.15) is 0 Å². The molecule has 1 heterocycles. The molecule has 0 aliphatic heterocycles. The predicted octanol–water partition coefficient (Wildman–Crippen LogP) is 2.39. The molecule has 0 aliphatic carbocycles. The van der Waals surface area contributed by atoms with E-state index >= 15 is 0 Å². The quantitative estimate of drug-likeness (QED) is 0.890. The summed E-state index contributed by atoms with van der Waals surface area (Å²) in [5, 5.41) is 3.59. The number of primary amides is 1. The molecule has 2 aromatic rings. The summed E-state index contributed by atoms with van der Waals surface area (Å²) < 4.78 is 1.98. The lowest BCUT2D eigenvalue weighted by molar-refractivity contribution is 0.100. The zero-order valence-corrected chi connectivity index (χ0v) is 10.7. The molecule has 2 rings (SSSR count). The number of carbonyl (C=O) groups excluding carboxylic acids is 1. The van der Waals surface area contributed by atoms with Gasteiger partial charge in [-0.05, 0) is 29.8 Å². The van der Waals surface area contributed by atoms with Gasteiger partial charge in [-0.1, -0.05) is 11.6 Å². The minimum atomic E-state index is -0.525. The van der Waals surface area contributed by atoms with Gasteiger partial charge >= 0.3 is 0 Å². The van der Waals surface area contributed by atoms with Crippen LogP contribution >= 0.6 is 11.6 Å². The first-order valence-electron chi connectivity index (χ1n) is 5.50. The van der Waals surface area contributed by atoms with Gasteiger partial charge in [0.2, 0.25) is 5.91 Å². The van der Waals surface area contributed by atoms with Crippen molar-refractivity contribution >= 4 is 23.2 Å². The van der Waals surface area contributed by atoms with Crippen molar-refractivity contribution in [2.75, 3.05) is 5.32 Å². The molecule has 0 saturated carbocycles. The molecule has 0 bridgehead atoms. The molecule has 4 nitrogen and oxygen atoms in total. The van der Waals surface area contributed by atoms with Crippen LogP contribution in [0.25, 0.3) is 0 Å². The molecule has 1 aromatic carbocycles. The first-order chi connectivity index (χ1) is 8.56. The van der Waals surface area contributed by atoms with Crippen molar-refractivity contribution in [2.24, 2.45) is 12.8 Å². The van der Waals surface area contributed by atoms with Gasteiger partial charge in [0.05, 0.1) is 10.6 Å². The predicted molar refractivity (Wildman–Crippen MR) is 72.7 cm³/mol. The molecule has 1 amide bonds. The Morgan fingerprint density at radius 2 is 2.22 bits per heavy atom. The van der Waals surface area contributed by atoms with Crippen LogP contribution in [0.4, 0.5) is 5.69 Å². The maximum Gasteiger partial charge on any atom is 0.250 e. The third-order valence-electron chi connectivity index (χ3n) is 2.62. The SMILES string of the molecule is Cn1ccc(CNc2ccc(Cl)c(C(N)=O)c2)c1. The van der Waals surface area contributed by atoms with Crippen LogP contribution in [0.2, 0.25) is 5.02 Å². The smallest absolute Gasteiger partial charge is 0.250 e. The number of carbonyl (C=O) groups is 1. The molecule has 0 atom stereocenters. The number of halogens is 1. The van der Waals surface area contributed by atoms with Crippen molar-refractivity contribution in [1.29, 1.82) is 0 Å². The van der Waals surface area contributed by atoms with Crippen LogP contribution in [0.1, 0.15) is 15.9 Å². The van der Waals surface area contributed by atoms with Gasteiger partial charge in [-0.15, -0.1) is 0 Å². The Hall–Kier alpha value is -1.94. The Labute approximate surface area is 110 Å². The van der Waals surface area contributed by atoms with Gasteiger partial charge in [-0.25, -0.2) is 0 Å². The monoisotopic (exact) mass is 263 g/mol. The number of aryl methyl sites for hydroxylation is 1. The van der Waals surface area contributed by atoms with E-state index in [1.807, 2.05) is 36.1 Å². The highest BCUT2D eigenvalue weighted by Crippen LogP contribution is 2.20. The number of rotatable bonds is 4. The summed E-state index contributed by atoms with van der Waals surface area (Å²) in [6.45, 7) is 0.681. The van der Waals surface area contributed by atoms with Crippen LogP contribution < -0.4 is 11.1 Å². The van der Waals surface area contributed by atoms with E-state index < -0.39 is 5.91 Å². The van der Waals surface area contributed by atoms with Crippen LogP contribution in [0, 0.1) is 0 Å². The molecule has 0 unspecified atom stereocenters. The summed E-state index contributed by atoms with van der Waals surface area (Å²) >= 11 is 5.88. The highest BCUT2D eigenvalue weighted by molar-refractivity contribution is 6.33. The van der Waals surface area contributed by atoms with E-state index in [0.29, 0.717) is 17.1 Å². The second kappa shape index (κ2) is 5.14. The van der Waals surface area contributed by atoms with Crippen LogP contribution in [0.3, 0.4) is 0 Å². The van der Waals surface area contributed by atoms with Crippen LogP contribution in [-0.2, 0) is 13.6 Å². The lowest BCUT2D eigenvalue weighted by atomic mass is 10.2. The van der Waals surface area contributed by atoms with E-state index in [4.69, 9.17) is 17.3 Å². The van der Waals surface area contributed by atoms with Crippen molar-refractivity contribution < 1.29 is 4.79 Å². The molecule has 94 valence electrons. The maximum absolute atomic E-state index is 11.2. The number of nitrogens with two attached hydrogens (primary N) is 1. The second-order valence-electron chi connectivity index (χ2n) is 4.10. The van der Waals surface area contributed by atoms with E-state index in [1.165, 1.54) is 0 Å². The molecule has 0 fully saturated rings. The van der Waals surface area contributed by atoms with Gasteiger partial charge < -0.3 is 15.6 Å². The van der Waals surface area contributed by atoms with Gasteiger partial charge in [0, 0.05) is 31.7 Å². The lowest BCUT2D eigenvalue weighted by Gasteiger charge is -2.07. The van der Waals surface area contributed by atoms with Crippen molar-refractivity contribution in [2.45, 2.75) is 6.54 Å². The average Bonchev–Trinajstić information content (AvgIpc) is 2.74. The molecule has 5 heteroatoms.